The highest BCUT2D eigenvalue weighted by molar-refractivity contribution is 5.98. The van der Waals surface area contributed by atoms with Gasteiger partial charge in [0, 0.05) is 18.2 Å². The average molecular weight is 246 g/mol. The van der Waals surface area contributed by atoms with E-state index in [4.69, 9.17) is 16.9 Å². The fourth-order valence-corrected chi connectivity index (χ4v) is 1.61. The Morgan fingerprint density at radius 2 is 2.33 bits per heavy atom. The molecular formula is C14H18N2O2. The van der Waals surface area contributed by atoms with E-state index in [0.717, 1.165) is 6.42 Å². The van der Waals surface area contributed by atoms with Crippen molar-refractivity contribution in [2.75, 3.05) is 12.8 Å². The van der Waals surface area contributed by atoms with Crippen LogP contribution >= 0.6 is 0 Å². The molecule has 1 amide bonds. The van der Waals surface area contributed by atoms with Crippen molar-refractivity contribution in [3.05, 3.63) is 23.8 Å². The Kier molecular flexibility index (Phi) is 5.06. The predicted molar refractivity (Wildman–Crippen MR) is 72.4 cm³/mol. The van der Waals surface area contributed by atoms with Crippen LogP contribution in [0.25, 0.3) is 0 Å². The Hall–Kier alpha value is -2.15. The predicted octanol–water partition coefficient (Wildman–Crippen LogP) is 1.81. The van der Waals surface area contributed by atoms with Gasteiger partial charge < -0.3 is 15.8 Å². The molecule has 0 saturated heterocycles. The number of anilines is 1. The molecule has 0 aliphatic carbocycles. The van der Waals surface area contributed by atoms with Gasteiger partial charge in [-0.2, -0.15) is 0 Å². The van der Waals surface area contributed by atoms with Gasteiger partial charge in [-0.15, -0.1) is 12.3 Å². The maximum atomic E-state index is 12.1. The van der Waals surface area contributed by atoms with Crippen LogP contribution < -0.4 is 15.8 Å². The number of carbonyl (C=O) groups is 1. The second-order valence-electron chi connectivity index (χ2n) is 3.95. The lowest BCUT2D eigenvalue weighted by Gasteiger charge is -2.16. The van der Waals surface area contributed by atoms with Crippen LogP contribution in [0.3, 0.4) is 0 Å². The molecule has 0 spiro atoms. The van der Waals surface area contributed by atoms with E-state index in [2.05, 4.69) is 11.2 Å². The third kappa shape index (κ3) is 3.42. The monoisotopic (exact) mass is 246 g/mol. The topological polar surface area (TPSA) is 64.4 Å². The molecule has 96 valence electrons. The SMILES string of the molecule is C#CCC(CC)NC(=O)c1cc(N)ccc1OC. The summed E-state index contributed by atoms with van der Waals surface area (Å²) in [5.41, 5.74) is 6.62. The third-order valence-corrected chi connectivity index (χ3v) is 2.66. The van der Waals surface area contributed by atoms with Crippen molar-refractivity contribution in [3.63, 3.8) is 0 Å². The second kappa shape index (κ2) is 6.55. The lowest BCUT2D eigenvalue weighted by Crippen LogP contribution is -2.34. The minimum absolute atomic E-state index is 0.0337. The fourth-order valence-electron chi connectivity index (χ4n) is 1.61. The minimum atomic E-state index is -0.221. The second-order valence-corrected chi connectivity index (χ2v) is 3.95. The van der Waals surface area contributed by atoms with Gasteiger partial charge in [-0.05, 0) is 24.6 Å². The highest BCUT2D eigenvalue weighted by atomic mass is 16.5. The van der Waals surface area contributed by atoms with Crippen molar-refractivity contribution in [2.24, 2.45) is 0 Å². The van der Waals surface area contributed by atoms with E-state index in [1.165, 1.54) is 7.11 Å². The van der Waals surface area contributed by atoms with Crippen molar-refractivity contribution in [1.82, 2.24) is 5.32 Å². The number of ether oxygens (including phenoxy) is 1. The van der Waals surface area contributed by atoms with Crippen LogP contribution in [0.1, 0.15) is 30.1 Å². The average Bonchev–Trinajstić information content (AvgIpc) is 2.38. The number of rotatable bonds is 5. The van der Waals surface area contributed by atoms with Gasteiger partial charge in [0.15, 0.2) is 0 Å². The van der Waals surface area contributed by atoms with E-state index in [9.17, 15) is 4.79 Å². The van der Waals surface area contributed by atoms with Gasteiger partial charge in [0.05, 0.1) is 12.7 Å². The maximum absolute atomic E-state index is 12.1. The van der Waals surface area contributed by atoms with Crippen LogP contribution in [-0.2, 0) is 0 Å². The zero-order valence-corrected chi connectivity index (χ0v) is 10.7. The number of nitrogens with two attached hydrogens (primary N) is 1. The van der Waals surface area contributed by atoms with E-state index in [1.54, 1.807) is 18.2 Å². The number of methoxy groups -OCH3 is 1. The summed E-state index contributed by atoms with van der Waals surface area (Å²) < 4.78 is 5.14. The van der Waals surface area contributed by atoms with Crippen molar-refractivity contribution < 1.29 is 9.53 Å². The van der Waals surface area contributed by atoms with Crippen molar-refractivity contribution in [3.8, 4) is 18.1 Å². The Balaban J connectivity index is 2.89. The molecule has 1 unspecified atom stereocenters. The molecule has 0 heterocycles. The molecule has 1 atom stereocenters. The molecule has 0 saturated carbocycles. The van der Waals surface area contributed by atoms with Gasteiger partial charge in [-0.25, -0.2) is 0 Å². The molecule has 0 aliphatic rings. The van der Waals surface area contributed by atoms with Crippen LogP contribution in [0.5, 0.6) is 5.75 Å². The van der Waals surface area contributed by atoms with Gasteiger partial charge in [0.25, 0.3) is 5.91 Å². The minimum Gasteiger partial charge on any atom is -0.496 e. The number of nitrogen functional groups attached to an aromatic ring is 1. The summed E-state index contributed by atoms with van der Waals surface area (Å²) in [6, 6.07) is 4.92. The van der Waals surface area contributed by atoms with Crippen LogP contribution in [0.15, 0.2) is 18.2 Å². The summed E-state index contributed by atoms with van der Waals surface area (Å²) >= 11 is 0. The quantitative estimate of drug-likeness (QED) is 0.615. The molecule has 0 aliphatic heterocycles. The van der Waals surface area contributed by atoms with Crippen molar-refractivity contribution in [2.45, 2.75) is 25.8 Å². The van der Waals surface area contributed by atoms with Crippen molar-refractivity contribution >= 4 is 11.6 Å². The molecule has 1 aromatic carbocycles. The zero-order chi connectivity index (χ0) is 13.5. The van der Waals surface area contributed by atoms with Crippen LogP contribution in [-0.4, -0.2) is 19.1 Å². The summed E-state index contributed by atoms with van der Waals surface area (Å²) in [7, 11) is 1.51. The number of amides is 1. The molecule has 4 nitrogen and oxygen atoms in total. The van der Waals surface area contributed by atoms with Gasteiger partial charge in [0.1, 0.15) is 5.75 Å². The standard InChI is InChI=1S/C14H18N2O2/c1-4-6-11(5-2)16-14(17)12-9-10(15)7-8-13(12)18-3/h1,7-9,11H,5-6,15H2,2-3H3,(H,16,17). The molecular weight excluding hydrogens is 228 g/mol. The highest BCUT2D eigenvalue weighted by Gasteiger charge is 2.15. The lowest BCUT2D eigenvalue weighted by atomic mass is 10.1. The normalized spacial score (nSPS) is 11.4. The van der Waals surface area contributed by atoms with Gasteiger partial charge in [-0.1, -0.05) is 6.92 Å². The largest absolute Gasteiger partial charge is 0.496 e. The van der Waals surface area contributed by atoms with Gasteiger partial charge in [-0.3, -0.25) is 4.79 Å². The molecule has 3 N–H and O–H groups in total. The molecule has 0 bridgehead atoms. The number of nitrogens with one attached hydrogen (secondary N) is 1. The Morgan fingerprint density at radius 1 is 1.61 bits per heavy atom. The van der Waals surface area contributed by atoms with E-state index < -0.39 is 0 Å². The summed E-state index contributed by atoms with van der Waals surface area (Å²) in [5.74, 6) is 2.82. The molecule has 0 fully saturated rings. The molecule has 18 heavy (non-hydrogen) atoms. The van der Waals surface area contributed by atoms with E-state index in [0.29, 0.717) is 23.4 Å². The zero-order valence-electron chi connectivity index (χ0n) is 10.7. The molecule has 0 aromatic heterocycles. The fraction of sp³-hybridized carbons (Fsp3) is 0.357. The van der Waals surface area contributed by atoms with Gasteiger partial charge in [0.2, 0.25) is 0 Å². The summed E-state index contributed by atoms with van der Waals surface area (Å²) in [6.07, 6.45) is 6.54. The maximum Gasteiger partial charge on any atom is 0.255 e. The first-order valence-electron chi connectivity index (χ1n) is 5.80. The molecule has 4 heteroatoms. The first-order chi connectivity index (χ1) is 8.62. The van der Waals surface area contributed by atoms with Gasteiger partial charge >= 0.3 is 0 Å². The summed E-state index contributed by atoms with van der Waals surface area (Å²) in [6.45, 7) is 1.97. The smallest absolute Gasteiger partial charge is 0.255 e. The Morgan fingerprint density at radius 3 is 2.89 bits per heavy atom. The molecule has 1 rings (SSSR count). The molecule has 1 aromatic rings. The van der Waals surface area contributed by atoms with E-state index in [-0.39, 0.29) is 11.9 Å². The van der Waals surface area contributed by atoms with Crippen LogP contribution in [0.4, 0.5) is 5.69 Å². The highest BCUT2D eigenvalue weighted by Crippen LogP contribution is 2.21. The van der Waals surface area contributed by atoms with Crippen LogP contribution in [0, 0.1) is 12.3 Å². The van der Waals surface area contributed by atoms with Crippen LogP contribution in [0.2, 0.25) is 0 Å². The number of terminal acetylenes is 1. The van der Waals surface area contributed by atoms with E-state index >= 15 is 0 Å². The lowest BCUT2D eigenvalue weighted by molar-refractivity contribution is 0.0933. The Labute approximate surface area is 108 Å². The number of benzene rings is 1. The number of hydrogen-bond donors (Lipinski definition) is 2. The van der Waals surface area contributed by atoms with E-state index in [1.807, 2.05) is 6.92 Å². The summed E-state index contributed by atoms with van der Waals surface area (Å²) in [4.78, 5) is 12.1. The third-order valence-electron chi connectivity index (χ3n) is 2.66. The number of hydrogen-bond acceptors (Lipinski definition) is 3. The first-order valence-corrected chi connectivity index (χ1v) is 5.80. The molecule has 0 radical (unpaired) electrons. The Bertz CT molecular complexity index is 463. The number of carbonyl (C=O) groups excluding carboxylic acids is 1. The first kappa shape index (κ1) is 13.9. The van der Waals surface area contributed by atoms with Crippen molar-refractivity contribution in [1.29, 1.82) is 0 Å². The summed E-state index contributed by atoms with van der Waals surface area (Å²) in [5, 5.41) is 2.87.